The molecule has 15 heavy (non-hydrogen) atoms. The zero-order chi connectivity index (χ0) is 11.4. The maximum atomic E-state index is 13.0. The van der Waals surface area contributed by atoms with Crippen LogP contribution in [-0.4, -0.2) is 17.0 Å². The minimum Gasteiger partial charge on any atom is -0.385 e. The van der Waals surface area contributed by atoms with Crippen LogP contribution in [0.15, 0.2) is 22.7 Å². The highest BCUT2D eigenvalue weighted by atomic mass is 79.9. The summed E-state index contributed by atoms with van der Waals surface area (Å²) in [5, 5.41) is 9.27. The number of carbonyl (C=O) groups excluding carboxylic acids is 1. The second-order valence-corrected chi connectivity index (χ2v) is 4.26. The molecule has 0 aliphatic carbocycles. The third kappa shape index (κ3) is 3.72. The SMILES string of the molecule is CCC(O)C(=O)Cc1cc(F)cc(Br)c1. The fraction of sp³-hybridized carbons (Fsp3) is 0.364. The van der Waals surface area contributed by atoms with E-state index in [1.807, 2.05) is 0 Å². The Balaban J connectivity index is 2.76. The second-order valence-electron chi connectivity index (χ2n) is 3.34. The van der Waals surface area contributed by atoms with Gasteiger partial charge >= 0.3 is 0 Å². The largest absolute Gasteiger partial charge is 0.385 e. The fourth-order valence-electron chi connectivity index (χ4n) is 1.26. The van der Waals surface area contributed by atoms with E-state index in [4.69, 9.17) is 0 Å². The summed E-state index contributed by atoms with van der Waals surface area (Å²) in [7, 11) is 0. The van der Waals surface area contributed by atoms with Crippen LogP contribution in [0.1, 0.15) is 18.9 Å². The molecule has 1 unspecified atom stereocenters. The van der Waals surface area contributed by atoms with Crippen LogP contribution in [0.2, 0.25) is 0 Å². The standard InChI is InChI=1S/C11H12BrFO2/c1-2-10(14)11(15)5-7-3-8(12)6-9(13)4-7/h3-4,6,10,14H,2,5H2,1H3. The minimum absolute atomic E-state index is 0.0609. The summed E-state index contributed by atoms with van der Waals surface area (Å²) < 4.78 is 13.6. The molecule has 1 aromatic carbocycles. The Morgan fingerprint density at radius 1 is 1.53 bits per heavy atom. The first-order valence-electron chi connectivity index (χ1n) is 4.68. The number of aliphatic hydroxyl groups excluding tert-OH is 1. The van der Waals surface area contributed by atoms with Crippen molar-refractivity contribution in [3.05, 3.63) is 34.1 Å². The number of aliphatic hydroxyl groups is 1. The average molecular weight is 275 g/mol. The van der Waals surface area contributed by atoms with Gasteiger partial charge in [0.05, 0.1) is 0 Å². The lowest BCUT2D eigenvalue weighted by molar-refractivity contribution is -0.126. The molecular weight excluding hydrogens is 263 g/mol. The number of hydrogen-bond donors (Lipinski definition) is 1. The predicted octanol–water partition coefficient (Wildman–Crippen LogP) is 2.47. The van der Waals surface area contributed by atoms with Crippen molar-refractivity contribution in [3.63, 3.8) is 0 Å². The Labute approximate surface area is 96.2 Å². The van der Waals surface area contributed by atoms with E-state index < -0.39 is 11.9 Å². The third-order valence-corrected chi connectivity index (χ3v) is 2.52. The van der Waals surface area contributed by atoms with E-state index in [9.17, 15) is 14.3 Å². The van der Waals surface area contributed by atoms with Crippen molar-refractivity contribution in [2.24, 2.45) is 0 Å². The van der Waals surface area contributed by atoms with Crippen LogP contribution in [0.25, 0.3) is 0 Å². The molecule has 0 aliphatic heterocycles. The molecule has 0 saturated heterocycles. The van der Waals surface area contributed by atoms with Gasteiger partial charge in [0.1, 0.15) is 11.9 Å². The molecule has 0 heterocycles. The maximum Gasteiger partial charge on any atom is 0.165 e. The van der Waals surface area contributed by atoms with E-state index in [0.29, 0.717) is 16.5 Å². The van der Waals surface area contributed by atoms with E-state index in [1.165, 1.54) is 12.1 Å². The van der Waals surface area contributed by atoms with Gasteiger partial charge in [0.15, 0.2) is 5.78 Å². The zero-order valence-corrected chi connectivity index (χ0v) is 9.92. The number of benzene rings is 1. The molecule has 1 N–H and O–H groups in total. The smallest absolute Gasteiger partial charge is 0.165 e. The van der Waals surface area contributed by atoms with E-state index in [-0.39, 0.29) is 12.2 Å². The number of rotatable bonds is 4. The minimum atomic E-state index is -0.952. The van der Waals surface area contributed by atoms with Gasteiger partial charge in [0, 0.05) is 10.9 Å². The molecule has 2 nitrogen and oxygen atoms in total. The highest BCUT2D eigenvalue weighted by Gasteiger charge is 2.13. The normalized spacial score (nSPS) is 12.5. The molecule has 0 saturated carbocycles. The van der Waals surface area contributed by atoms with Crippen molar-refractivity contribution in [2.45, 2.75) is 25.9 Å². The Morgan fingerprint density at radius 3 is 2.73 bits per heavy atom. The van der Waals surface area contributed by atoms with Gasteiger partial charge in [-0.2, -0.15) is 0 Å². The first-order valence-corrected chi connectivity index (χ1v) is 5.48. The molecule has 0 aliphatic rings. The topological polar surface area (TPSA) is 37.3 Å². The van der Waals surface area contributed by atoms with Gasteiger partial charge in [-0.25, -0.2) is 4.39 Å². The zero-order valence-electron chi connectivity index (χ0n) is 8.34. The van der Waals surface area contributed by atoms with Crippen molar-refractivity contribution >= 4 is 21.7 Å². The number of halogens is 2. The number of carbonyl (C=O) groups is 1. The number of ketones is 1. The summed E-state index contributed by atoms with van der Waals surface area (Å²) in [6.07, 6.45) is -0.507. The Kier molecular flexibility index (Phi) is 4.42. The van der Waals surface area contributed by atoms with Crippen molar-refractivity contribution in [1.29, 1.82) is 0 Å². The summed E-state index contributed by atoms with van der Waals surface area (Å²) in [5.41, 5.74) is 0.569. The van der Waals surface area contributed by atoms with Crippen molar-refractivity contribution < 1.29 is 14.3 Å². The van der Waals surface area contributed by atoms with Crippen LogP contribution in [0.4, 0.5) is 4.39 Å². The van der Waals surface area contributed by atoms with Gasteiger partial charge in [0.25, 0.3) is 0 Å². The van der Waals surface area contributed by atoms with E-state index in [2.05, 4.69) is 15.9 Å². The molecule has 0 amide bonds. The number of Topliss-reactive ketones (excluding diaryl/α,β-unsaturated/α-hetero) is 1. The van der Waals surface area contributed by atoms with Crippen LogP contribution in [0.3, 0.4) is 0 Å². The fourth-order valence-corrected chi connectivity index (χ4v) is 1.77. The molecule has 0 radical (unpaired) electrons. The molecule has 82 valence electrons. The highest BCUT2D eigenvalue weighted by molar-refractivity contribution is 9.10. The first kappa shape index (κ1) is 12.3. The number of hydrogen-bond acceptors (Lipinski definition) is 2. The van der Waals surface area contributed by atoms with Gasteiger partial charge < -0.3 is 5.11 Å². The van der Waals surface area contributed by atoms with Gasteiger partial charge in [-0.05, 0) is 30.2 Å². The average Bonchev–Trinajstić information content (AvgIpc) is 2.14. The Bertz CT molecular complexity index is 345. The van der Waals surface area contributed by atoms with Gasteiger partial charge in [-0.15, -0.1) is 0 Å². The summed E-state index contributed by atoms with van der Waals surface area (Å²) in [6.45, 7) is 1.73. The summed E-state index contributed by atoms with van der Waals surface area (Å²) >= 11 is 3.14. The maximum absolute atomic E-state index is 13.0. The molecule has 1 rings (SSSR count). The summed E-state index contributed by atoms with van der Waals surface area (Å²) in [4.78, 5) is 11.4. The van der Waals surface area contributed by atoms with Crippen LogP contribution >= 0.6 is 15.9 Å². The molecule has 4 heteroatoms. The molecule has 1 atom stereocenters. The monoisotopic (exact) mass is 274 g/mol. The lowest BCUT2D eigenvalue weighted by Crippen LogP contribution is -2.21. The summed E-state index contributed by atoms with van der Waals surface area (Å²) in [6, 6.07) is 4.29. The Hall–Kier alpha value is -0.740. The van der Waals surface area contributed by atoms with Gasteiger partial charge in [0.2, 0.25) is 0 Å². The highest BCUT2D eigenvalue weighted by Crippen LogP contribution is 2.16. The molecule has 0 spiro atoms. The molecular formula is C11H12BrFO2. The van der Waals surface area contributed by atoms with Crippen LogP contribution in [-0.2, 0) is 11.2 Å². The Morgan fingerprint density at radius 2 is 2.20 bits per heavy atom. The van der Waals surface area contributed by atoms with Crippen LogP contribution < -0.4 is 0 Å². The molecule has 0 fully saturated rings. The quantitative estimate of drug-likeness (QED) is 0.916. The van der Waals surface area contributed by atoms with E-state index in [0.717, 1.165) is 0 Å². The second kappa shape index (κ2) is 5.37. The van der Waals surface area contributed by atoms with E-state index >= 15 is 0 Å². The first-order chi connectivity index (χ1) is 7.02. The molecule has 0 aromatic heterocycles. The summed E-state index contributed by atoms with van der Waals surface area (Å²) in [5.74, 6) is -0.673. The van der Waals surface area contributed by atoms with E-state index in [1.54, 1.807) is 13.0 Å². The van der Waals surface area contributed by atoms with Gasteiger partial charge in [-0.3, -0.25) is 4.79 Å². The van der Waals surface area contributed by atoms with Gasteiger partial charge in [-0.1, -0.05) is 22.9 Å². The van der Waals surface area contributed by atoms with Crippen molar-refractivity contribution in [2.75, 3.05) is 0 Å². The van der Waals surface area contributed by atoms with Crippen molar-refractivity contribution in [3.8, 4) is 0 Å². The molecule has 0 bridgehead atoms. The van der Waals surface area contributed by atoms with Crippen LogP contribution in [0.5, 0.6) is 0 Å². The van der Waals surface area contributed by atoms with Crippen LogP contribution in [0, 0.1) is 5.82 Å². The predicted molar refractivity (Wildman–Crippen MR) is 59.1 cm³/mol. The lowest BCUT2D eigenvalue weighted by atomic mass is 10.0. The van der Waals surface area contributed by atoms with Crippen molar-refractivity contribution in [1.82, 2.24) is 0 Å². The third-order valence-electron chi connectivity index (χ3n) is 2.06. The molecule has 1 aromatic rings. The lowest BCUT2D eigenvalue weighted by Gasteiger charge is -2.06.